The van der Waals surface area contributed by atoms with E-state index in [9.17, 15) is 0 Å². The lowest BCUT2D eigenvalue weighted by atomic mass is 9.28. The van der Waals surface area contributed by atoms with Crippen molar-refractivity contribution in [1.82, 2.24) is 0 Å². The molecule has 7 atom stereocenters. The van der Waals surface area contributed by atoms with Gasteiger partial charge >= 0.3 is 0 Å². The van der Waals surface area contributed by atoms with Crippen molar-refractivity contribution in [2.75, 3.05) is 0 Å². The molecule has 5 fully saturated rings. The molecule has 0 aromatic rings. The fourth-order valence-electron chi connectivity index (χ4n) is 7.29. The van der Waals surface area contributed by atoms with E-state index in [-0.39, 0.29) is 0 Å². The molecule has 5 aliphatic rings. The highest BCUT2D eigenvalue weighted by atomic mass is 15.0. The highest BCUT2D eigenvalue weighted by Gasteiger charge is 2.99. The van der Waals surface area contributed by atoms with Crippen LogP contribution in [0.15, 0.2) is 0 Å². The Labute approximate surface area is 80.1 Å². The van der Waals surface area contributed by atoms with E-state index >= 15 is 0 Å². The van der Waals surface area contributed by atoms with Crippen LogP contribution in [0.5, 0.6) is 0 Å². The number of hydrogen-bond donors (Lipinski definition) is 0. The minimum atomic E-state index is 0.952. The van der Waals surface area contributed by atoms with Gasteiger partial charge in [0.15, 0.2) is 0 Å². The zero-order valence-electron chi connectivity index (χ0n) is 8.42. The first-order valence-corrected chi connectivity index (χ1v) is 6.35. The van der Waals surface area contributed by atoms with E-state index in [0.717, 1.165) is 16.7 Å². The second kappa shape index (κ2) is 1.42. The van der Waals surface area contributed by atoms with Crippen molar-refractivity contribution < 1.29 is 0 Å². The number of rotatable bonds is 0. The summed E-state index contributed by atoms with van der Waals surface area (Å²) < 4.78 is 0. The third-order valence-electron chi connectivity index (χ3n) is 7.33. The maximum Gasteiger partial charge on any atom is -0.0139 e. The summed E-state index contributed by atoms with van der Waals surface area (Å²) in [4.78, 5) is 0. The first-order valence-electron chi connectivity index (χ1n) is 6.35. The van der Waals surface area contributed by atoms with Gasteiger partial charge in [0.25, 0.3) is 0 Å². The molecule has 0 nitrogen and oxygen atoms in total. The van der Waals surface area contributed by atoms with Gasteiger partial charge in [-0.3, -0.25) is 0 Å². The van der Waals surface area contributed by atoms with Crippen LogP contribution in [0.4, 0.5) is 0 Å². The van der Waals surface area contributed by atoms with Crippen molar-refractivity contribution in [3.05, 3.63) is 0 Å². The number of hydrogen-bond acceptors (Lipinski definition) is 0. The molecule has 7 unspecified atom stereocenters. The van der Waals surface area contributed by atoms with Crippen molar-refractivity contribution in [2.45, 2.75) is 39.0 Å². The summed E-state index contributed by atoms with van der Waals surface area (Å²) in [6, 6.07) is 0. The van der Waals surface area contributed by atoms with E-state index in [0.29, 0.717) is 0 Å². The summed E-state index contributed by atoms with van der Waals surface area (Å²) in [5.74, 6) is 6.12. The van der Waals surface area contributed by atoms with Crippen molar-refractivity contribution in [1.29, 1.82) is 0 Å². The van der Waals surface area contributed by atoms with E-state index in [1.807, 2.05) is 0 Å². The predicted octanol–water partition coefficient (Wildman–Crippen LogP) is 3.08. The molecule has 1 spiro atoms. The summed E-state index contributed by atoms with van der Waals surface area (Å²) in [7, 11) is 0. The smallest absolute Gasteiger partial charge is 0.0139 e. The van der Waals surface area contributed by atoms with Crippen LogP contribution in [-0.4, -0.2) is 0 Å². The zero-order chi connectivity index (χ0) is 8.42. The van der Waals surface area contributed by atoms with Crippen molar-refractivity contribution in [3.8, 4) is 0 Å². The molecule has 0 aromatic carbocycles. The molecule has 0 N–H and O–H groups in total. The van der Waals surface area contributed by atoms with Gasteiger partial charge in [-0.05, 0) is 59.7 Å². The molecule has 0 heteroatoms. The standard InChI is InChI=1S/C13H18/c1-7-12-5-3-2-4-9-8-6-10(12)11(8)13(7,9)12/h7-11H,2-6H2,1H3. The summed E-state index contributed by atoms with van der Waals surface area (Å²) >= 11 is 0. The van der Waals surface area contributed by atoms with E-state index in [4.69, 9.17) is 0 Å². The zero-order valence-corrected chi connectivity index (χ0v) is 8.42. The molecule has 0 aliphatic heterocycles. The summed E-state index contributed by atoms with van der Waals surface area (Å²) in [6.07, 6.45) is 8.02. The van der Waals surface area contributed by atoms with E-state index in [1.54, 1.807) is 32.1 Å². The van der Waals surface area contributed by atoms with E-state index in [2.05, 4.69) is 6.92 Å². The lowest BCUT2D eigenvalue weighted by Gasteiger charge is -2.76. The normalized spacial score (nSPS) is 80.5. The lowest BCUT2D eigenvalue weighted by Crippen LogP contribution is -2.72. The topological polar surface area (TPSA) is 0 Å². The second-order valence-corrected chi connectivity index (χ2v) is 6.58. The average Bonchev–Trinajstić information content (AvgIpc) is 2.57. The molecule has 0 radical (unpaired) electrons. The van der Waals surface area contributed by atoms with Gasteiger partial charge in [0.2, 0.25) is 0 Å². The second-order valence-electron chi connectivity index (χ2n) is 6.58. The van der Waals surface area contributed by atoms with Crippen LogP contribution in [0.2, 0.25) is 0 Å². The molecule has 0 bridgehead atoms. The molecular formula is C13H18. The largest absolute Gasteiger partial charge is 0.0614 e. The summed E-state index contributed by atoms with van der Waals surface area (Å²) in [6.45, 7) is 2.59. The predicted molar refractivity (Wildman–Crippen MR) is 51.1 cm³/mol. The van der Waals surface area contributed by atoms with Crippen LogP contribution in [-0.2, 0) is 0 Å². The quantitative estimate of drug-likeness (QED) is 0.529. The molecule has 0 amide bonds. The van der Waals surface area contributed by atoms with Crippen LogP contribution in [0.25, 0.3) is 0 Å². The van der Waals surface area contributed by atoms with Gasteiger partial charge in [-0.1, -0.05) is 19.8 Å². The molecule has 0 heterocycles. The Morgan fingerprint density at radius 3 is 3.00 bits per heavy atom. The first kappa shape index (κ1) is 6.48. The third-order valence-corrected chi connectivity index (χ3v) is 7.33. The van der Waals surface area contributed by atoms with Crippen LogP contribution >= 0.6 is 0 Å². The minimum absolute atomic E-state index is 0.952. The highest BCUT2D eigenvalue weighted by molar-refractivity contribution is 5.46. The Hall–Kier alpha value is 0. The van der Waals surface area contributed by atoms with Gasteiger partial charge in [0, 0.05) is 0 Å². The van der Waals surface area contributed by atoms with Crippen molar-refractivity contribution >= 4 is 0 Å². The first-order chi connectivity index (χ1) is 6.35. The fourth-order valence-corrected chi connectivity index (χ4v) is 7.29. The molecule has 5 rings (SSSR count). The van der Waals surface area contributed by atoms with Gasteiger partial charge in [-0.15, -0.1) is 0 Å². The Kier molecular flexibility index (Phi) is 0.707. The van der Waals surface area contributed by atoms with Crippen LogP contribution in [0.1, 0.15) is 39.0 Å². The van der Waals surface area contributed by atoms with Gasteiger partial charge in [-0.25, -0.2) is 0 Å². The molecular weight excluding hydrogens is 156 g/mol. The molecule has 70 valence electrons. The minimum Gasteiger partial charge on any atom is -0.0614 e. The molecule has 5 aliphatic carbocycles. The Bertz CT molecular complexity index is 310. The van der Waals surface area contributed by atoms with Crippen LogP contribution in [0, 0.1) is 40.4 Å². The van der Waals surface area contributed by atoms with Gasteiger partial charge in [0.05, 0.1) is 0 Å². The van der Waals surface area contributed by atoms with Crippen LogP contribution in [0.3, 0.4) is 0 Å². The van der Waals surface area contributed by atoms with Crippen molar-refractivity contribution in [2.24, 2.45) is 40.4 Å². The molecule has 5 saturated carbocycles. The molecule has 0 aromatic heterocycles. The Morgan fingerprint density at radius 2 is 2.08 bits per heavy atom. The Balaban J connectivity index is 1.74. The van der Waals surface area contributed by atoms with Gasteiger partial charge < -0.3 is 0 Å². The van der Waals surface area contributed by atoms with Gasteiger partial charge in [-0.2, -0.15) is 0 Å². The summed E-state index contributed by atoms with van der Waals surface area (Å²) in [5.41, 5.74) is 1.94. The number of fused-ring (bicyclic) bond motifs is 1. The van der Waals surface area contributed by atoms with E-state index in [1.165, 1.54) is 23.7 Å². The average molecular weight is 174 g/mol. The summed E-state index contributed by atoms with van der Waals surface area (Å²) in [5, 5.41) is 0. The maximum absolute atomic E-state index is 2.59. The lowest BCUT2D eigenvalue weighted by molar-refractivity contribution is -0.293. The molecule has 0 saturated heterocycles. The van der Waals surface area contributed by atoms with Gasteiger partial charge in [0.1, 0.15) is 0 Å². The highest BCUT2D eigenvalue weighted by Crippen LogP contribution is 3.04. The maximum atomic E-state index is 2.59. The van der Waals surface area contributed by atoms with Crippen LogP contribution < -0.4 is 0 Å². The fraction of sp³-hybridized carbons (Fsp3) is 1.00. The molecule has 13 heavy (non-hydrogen) atoms. The third kappa shape index (κ3) is 0.322. The monoisotopic (exact) mass is 174 g/mol. The Morgan fingerprint density at radius 1 is 1.15 bits per heavy atom. The van der Waals surface area contributed by atoms with E-state index < -0.39 is 0 Å². The van der Waals surface area contributed by atoms with Crippen molar-refractivity contribution in [3.63, 3.8) is 0 Å². The SMILES string of the molecule is CC1C23CCCCC4C5CC2C5C413.